The summed E-state index contributed by atoms with van der Waals surface area (Å²) < 4.78 is 6.81. The number of rotatable bonds is 4. The molecule has 8 nitrogen and oxygen atoms in total. The number of hydrogen-bond acceptors (Lipinski definition) is 4. The number of nitrogens with one attached hydrogen (secondary N) is 1. The second kappa shape index (κ2) is 6.57. The van der Waals surface area contributed by atoms with Crippen molar-refractivity contribution in [3.05, 3.63) is 17.5 Å². The number of hydrogen-bond donors (Lipinski definition) is 2. The standard InChI is InChI=1S/C13H20N4O4/c1-3-10-9(7-16(2)15-10)6-14-13(20)17-4-5-21-8-11(17)12(18)19/h7,11H,3-6,8H2,1-2H3,(H,14,20)(H,18,19). The molecule has 1 fully saturated rings. The van der Waals surface area contributed by atoms with Crippen molar-refractivity contribution >= 4 is 12.0 Å². The number of aliphatic carboxylic acids is 1. The molecule has 1 aliphatic heterocycles. The summed E-state index contributed by atoms with van der Waals surface area (Å²) in [4.78, 5) is 24.6. The number of ether oxygens (including phenoxy) is 1. The highest BCUT2D eigenvalue weighted by atomic mass is 16.5. The predicted molar refractivity (Wildman–Crippen MR) is 73.8 cm³/mol. The normalized spacial score (nSPS) is 18.6. The van der Waals surface area contributed by atoms with Gasteiger partial charge in [0, 0.05) is 31.9 Å². The zero-order valence-electron chi connectivity index (χ0n) is 12.2. The Balaban J connectivity index is 1.98. The molecule has 2 amide bonds. The fraction of sp³-hybridized carbons (Fsp3) is 0.615. The van der Waals surface area contributed by atoms with E-state index in [9.17, 15) is 9.59 Å². The Morgan fingerprint density at radius 1 is 1.57 bits per heavy atom. The van der Waals surface area contributed by atoms with Gasteiger partial charge in [-0.05, 0) is 6.42 Å². The topological polar surface area (TPSA) is 96.7 Å². The fourth-order valence-corrected chi connectivity index (χ4v) is 2.35. The summed E-state index contributed by atoms with van der Waals surface area (Å²) >= 11 is 0. The lowest BCUT2D eigenvalue weighted by Gasteiger charge is -2.32. The van der Waals surface area contributed by atoms with Gasteiger partial charge in [-0.3, -0.25) is 4.68 Å². The highest BCUT2D eigenvalue weighted by molar-refractivity contribution is 5.83. The summed E-state index contributed by atoms with van der Waals surface area (Å²) in [7, 11) is 1.83. The molecule has 2 rings (SSSR count). The monoisotopic (exact) mass is 296 g/mol. The van der Waals surface area contributed by atoms with Gasteiger partial charge in [-0.1, -0.05) is 6.92 Å². The second-order valence-corrected chi connectivity index (χ2v) is 4.91. The maximum Gasteiger partial charge on any atom is 0.328 e. The van der Waals surface area contributed by atoms with Gasteiger partial charge >= 0.3 is 12.0 Å². The third-order valence-electron chi connectivity index (χ3n) is 3.43. The van der Waals surface area contributed by atoms with Crippen molar-refractivity contribution in [1.82, 2.24) is 20.0 Å². The molecule has 0 radical (unpaired) electrons. The number of carbonyl (C=O) groups is 2. The van der Waals surface area contributed by atoms with Crippen molar-refractivity contribution in [2.24, 2.45) is 7.05 Å². The molecule has 1 atom stereocenters. The number of amides is 2. The molecule has 1 aromatic rings. The molecular formula is C13H20N4O4. The van der Waals surface area contributed by atoms with E-state index in [0.29, 0.717) is 13.2 Å². The van der Waals surface area contributed by atoms with Gasteiger partial charge in [0.1, 0.15) is 0 Å². The molecule has 1 aliphatic rings. The van der Waals surface area contributed by atoms with Crippen molar-refractivity contribution in [3.63, 3.8) is 0 Å². The van der Waals surface area contributed by atoms with Crippen LogP contribution in [0.15, 0.2) is 6.20 Å². The van der Waals surface area contributed by atoms with Crippen LogP contribution >= 0.6 is 0 Å². The quantitative estimate of drug-likeness (QED) is 0.814. The first kappa shape index (κ1) is 15.3. The maximum absolute atomic E-state index is 12.2. The van der Waals surface area contributed by atoms with Gasteiger partial charge in [0.15, 0.2) is 6.04 Å². The van der Waals surface area contributed by atoms with Crippen molar-refractivity contribution in [1.29, 1.82) is 0 Å². The zero-order chi connectivity index (χ0) is 15.4. The molecule has 2 heterocycles. The van der Waals surface area contributed by atoms with Crippen LogP contribution in [0.2, 0.25) is 0 Å². The van der Waals surface area contributed by atoms with Crippen molar-refractivity contribution in [3.8, 4) is 0 Å². The smallest absolute Gasteiger partial charge is 0.328 e. The van der Waals surface area contributed by atoms with Crippen LogP contribution in [0.25, 0.3) is 0 Å². The molecule has 1 saturated heterocycles. The van der Waals surface area contributed by atoms with Gasteiger partial charge in [-0.15, -0.1) is 0 Å². The Kier molecular flexibility index (Phi) is 4.79. The van der Waals surface area contributed by atoms with Gasteiger partial charge in [0.25, 0.3) is 0 Å². The van der Waals surface area contributed by atoms with E-state index in [1.54, 1.807) is 4.68 Å². The van der Waals surface area contributed by atoms with Crippen LogP contribution in [-0.4, -0.2) is 57.6 Å². The summed E-state index contributed by atoms with van der Waals surface area (Å²) in [6, 6.07) is -1.32. The molecule has 0 spiro atoms. The number of urea groups is 1. The van der Waals surface area contributed by atoms with Crippen LogP contribution in [-0.2, 0) is 29.5 Å². The van der Waals surface area contributed by atoms with Crippen molar-refractivity contribution in [2.75, 3.05) is 19.8 Å². The summed E-state index contributed by atoms with van der Waals surface area (Å²) in [6.45, 7) is 2.98. The maximum atomic E-state index is 12.2. The lowest BCUT2D eigenvalue weighted by atomic mass is 10.2. The minimum Gasteiger partial charge on any atom is -0.480 e. The molecule has 8 heteroatoms. The highest BCUT2D eigenvalue weighted by Crippen LogP contribution is 2.10. The lowest BCUT2D eigenvalue weighted by molar-refractivity contribution is -0.147. The van der Waals surface area contributed by atoms with Crippen LogP contribution in [0.3, 0.4) is 0 Å². The van der Waals surface area contributed by atoms with E-state index in [1.165, 1.54) is 4.90 Å². The number of carboxylic acid groups (broad SMARTS) is 1. The average Bonchev–Trinajstić information content (AvgIpc) is 2.84. The Bertz CT molecular complexity index is 528. The SMILES string of the molecule is CCc1nn(C)cc1CNC(=O)N1CCOCC1C(=O)O. The molecule has 0 aliphatic carbocycles. The Morgan fingerprint density at radius 3 is 3.00 bits per heavy atom. The van der Waals surface area contributed by atoms with Crippen molar-refractivity contribution < 1.29 is 19.4 Å². The van der Waals surface area contributed by atoms with Crippen LogP contribution in [0, 0.1) is 0 Å². The first-order valence-electron chi connectivity index (χ1n) is 6.89. The van der Waals surface area contributed by atoms with E-state index in [-0.39, 0.29) is 13.2 Å². The number of nitrogens with zero attached hydrogens (tertiary/aromatic N) is 3. The van der Waals surface area contributed by atoms with Crippen LogP contribution in [0.4, 0.5) is 4.79 Å². The molecule has 0 bridgehead atoms. The summed E-state index contributed by atoms with van der Waals surface area (Å²) in [6.07, 6.45) is 2.63. The van der Waals surface area contributed by atoms with E-state index in [2.05, 4.69) is 10.4 Å². The summed E-state index contributed by atoms with van der Waals surface area (Å²) in [5.74, 6) is -1.06. The second-order valence-electron chi connectivity index (χ2n) is 4.91. The van der Waals surface area contributed by atoms with Gasteiger partial charge < -0.3 is 20.1 Å². The minimum absolute atomic E-state index is 0.0237. The van der Waals surface area contributed by atoms with Crippen LogP contribution in [0.5, 0.6) is 0 Å². The Labute approximate surface area is 122 Å². The molecule has 1 aromatic heterocycles. The van der Waals surface area contributed by atoms with E-state index in [1.807, 2.05) is 20.2 Å². The number of aromatic nitrogens is 2. The number of morpholine rings is 1. The molecule has 21 heavy (non-hydrogen) atoms. The molecular weight excluding hydrogens is 276 g/mol. The van der Waals surface area contributed by atoms with Gasteiger partial charge in [0.05, 0.1) is 18.9 Å². The number of carbonyl (C=O) groups excluding carboxylic acids is 1. The van der Waals surface area contributed by atoms with Gasteiger partial charge in [0.2, 0.25) is 0 Å². The largest absolute Gasteiger partial charge is 0.480 e. The van der Waals surface area contributed by atoms with Gasteiger partial charge in [-0.25, -0.2) is 9.59 Å². The highest BCUT2D eigenvalue weighted by Gasteiger charge is 2.32. The molecule has 1 unspecified atom stereocenters. The number of carboxylic acids is 1. The molecule has 2 N–H and O–H groups in total. The van der Waals surface area contributed by atoms with Crippen LogP contribution in [0.1, 0.15) is 18.2 Å². The number of aryl methyl sites for hydroxylation is 2. The van der Waals surface area contributed by atoms with E-state index >= 15 is 0 Å². The van der Waals surface area contributed by atoms with Crippen molar-refractivity contribution in [2.45, 2.75) is 25.9 Å². The Hall–Kier alpha value is -2.09. The lowest BCUT2D eigenvalue weighted by Crippen LogP contribution is -2.55. The summed E-state index contributed by atoms with van der Waals surface area (Å²) in [5.41, 5.74) is 1.86. The van der Waals surface area contributed by atoms with E-state index < -0.39 is 18.0 Å². The van der Waals surface area contributed by atoms with E-state index in [0.717, 1.165) is 17.7 Å². The average molecular weight is 296 g/mol. The first-order chi connectivity index (χ1) is 10.0. The fourth-order valence-electron chi connectivity index (χ4n) is 2.35. The zero-order valence-corrected chi connectivity index (χ0v) is 12.2. The molecule has 0 saturated carbocycles. The third kappa shape index (κ3) is 3.52. The van der Waals surface area contributed by atoms with Gasteiger partial charge in [-0.2, -0.15) is 5.10 Å². The minimum atomic E-state index is -1.06. The van der Waals surface area contributed by atoms with E-state index in [4.69, 9.17) is 9.84 Å². The third-order valence-corrected chi connectivity index (χ3v) is 3.43. The predicted octanol–water partition coefficient (Wildman–Crippen LogP) is -0.0225. The Morgan fingerprint density at radius 2 is 2.33 bits per heavy atom. The molecule has 116 valence electrons. The molecule has 0 aromatic carbocycles. The summed E-state index contributed by atoms with van der Waals surface area (Å²) in [5, 5.41) is 16.2. The van der Waals surface area contributed by atoms with Crippen LogP contribution < -0.4 is 5.32 Å². The first-order valence-corrected chi connectivity index (χ1v) is 6.89.